The lowest BCUT2D eigenvalue weighted by Crippen LogP contribution is -2.27. The summed E-state index contributed by atoms with van der Waals surface area (Å²) in [5.74, 6) is -0.430. The molecular weight excluding hydrogens is 531 g/mol. The van der Waals surface area contributed by atoms with Gasteiger partial charge in [-0.3, -0.25) is 0 Å². The average Bonchev–Trinajstić information content (AvgIpc) is 2.81. The van der Waals surface area contributed by atoms with E-state index in [1.165, 1.54) is 12.1 Å². The molecule has 186 valence electrons. The quantitative estimate of drug-likeness (QED) is 0.339. The van der Waals surface area contributed by atoms with Crippen LogP contribution in [0.1, 0.15) is 23.6 Å². The van der Waals surface area contributed by atoms with Crippen LogP contribution in [0.5, 0.6) is 11.5 Å². The predicted molar refractivity (Wildman–Crippen MR) is 127 cm³/mol. The first-order chi connectivity index (χ1) is 16.6. The van der Waals surface area contributed by atoms with Crippen LogP contribution in [0, 0.1) is 0 Å². The lowest BCUT2D eigenvalue weighted by atomic mass is 10.1. The monoisotopic (exact) mass is 553 g/mol. The first kappa shape index (κ1) is 26.3. The number of aryl methyl sites for hydroxylation is 1. The molecule has 1 aromatic heterocycles. The number of alkyl halides is 3. The smallest absolute Gasteiger partial charge is 0.481 e. The molecule has 0 atom stereocenters. The van der Waals surface area contributed by atoms with Crippen LogP contribution in [0.25, 0.3) is 0 Å². The Morgan fingerprint density at radius 1 is 1.06 bits per heavy atom. The van der Waals surface area contributed by atoms with E-state index < -0.39 is 18.9 Å². The zero-order valence-electron chi connectivity index (χ0n) is 18.8. The largest absolute Gasteiger partial charge is 0.573 e. The van der Waals surface area contributed by atoms with E-state index in [2.05, 4.69) is 30.6 Å². The fraction of sp³-hybridized carbons (Fsp3) is 0.292. The van der Waals surface area contributed by atoms with Gasteiger partial charge >= 0.3 is 12.3 Å². The molecule has 0 saturated heterocycles. The molecule has 3 aromatic rings. The van der Waals surface area contributed by atoms with Gasteiger partial charge in [0.25, 0.3) is 0 Å². The Balaban J connectivity index is 1.74. The van der Waals surface area contributed by atoms with Gasteiger partial charge in [0.15, 0.2) is 6.61 Å². The van der Waals surface area contributed by atoms with E-state index in [4.69, 9.17) is 9.84 Å². The number of rotatable bonds is 11. The van der Waals surface area contributed by atoms with Crippen molar-refractivity contribution in [1.29, 1.82) is 0 Å². The van der Waals surface area contributed by atoms with Gasteiger partial charge in [-0.25, -0.2) is 14.8 Å². The van der Waals surface area contributed by atoms with E-state index in [0.29, 0.717) is 35.7 Å². The van der Waals surface area contributed by atoms with Gasteiger partial charge in [-0.05, 0) is 69.7 Å². The molecule has 3 rings (SSSR count). The molecule has 0 radical (unpaired) electrons. The van der Waals surface area contributed by atoms with Gasteiger partial charge in [0.2, 0.25) is 5.95 Å². The molecule has 0 spiro atoms. The number of anilines is 1. The van der Waals surface area contributed by atoms with Crippen molar-refractivity contribution in [3.63, 3.8) is 0 Å². The lowest BCUT2D eigenvalue weighted by molar-refractivity contribution is -0.274. The van der Waals surface area contributed by atoms with Crippen molar-refractivity contribution >= 4 is 27.8 Å². The van der Waals surface area contributed by atoms with Crippen LogP contribution in [0.2, 0.25) is 0 Å². The number of nitrogens with zero attached hydrogens (tertiary/aromatic N) is 3. The summed E-state index contributed by atoms with van der Waals surface area (Å²) < 4.78 is 47.1. The second-order valence-corrected chi connectivity index (χ2v) is 8.41. The van der Waals surface area contributed by atoms with Crippen molar-refractivity contribution in [3.8, 4) is 11.5 Å². The first-order valence-electron chi connectivity index (χ1n) is 10.7. The lowest BCUT2D eigenvalue weighted by Gasteiger charge is -2.23. The van der Waals surface area contributed by atoms with Crippen molar-refractivity contribution < 1.29 is 32.5 Å². The van der Waals surface area contributed by atoms with Gasteiger partial charge in [0, 0.05) is 25.5 Å². The third-order valence-electron chi connectivity index (χ3n) is 4.93. The van der Waals surface area contributed by atoms with Gasteiger partial charge in [-0.15, -0.1) is 13.2 Å². The molecule has 35 heavy (non-hydrogen) atoms. The predicted octanol–water partition coefficient (Wildman–Crippen LogP) is 5.41. The minimum Gasteiger partial charge on any atom is -0.481 e. The number of carboxylic acid groups (broad SMARTS) is 1. The van der Waals surface area contributed by atoms with E-state index in [-0.39, 0.29) is 5.75 Å². The third-order valence-corrected chi connectivity index (χ3v) is 5.55. The molecule has 0 saturated carbocycles. The van der Waals surface area contributed by atoms with Crippen LogP contribution in [-0.4, -0.2) is 40.6 Å². The molecule has 0 unspecified atom stereocenters. The van der Waals surface area contributed by atoms with Gasteiger partial charge in [0.1, 0.15) is 11.5 Å². The fourth-order valence-corrected chi connectivity index (χ4v) is 3.72. The molecule has 0 aliphatic heterocycles. The number of carboxylic acids is 1. The fourth-order valence-electron chi connectivity index (χ4n) is 3.18. The number of benzene rings is 2. The van der Waals surface area contributed by atoms with Crippen LogP contribution in [0.3, 0.4) is 0 Å². The van der Waals surface area contributed by atoms with E-state index >= 15 is 0 Å². The van der Waals surface area contributed by atoms with Crippen molar-refractivity contribution in [3.05, 3.63) is 76.0 Å². The summed E-state index contributed by atoms with van der Waals surface area (Å²) in [4.78, 5) is 21.6. The maximum absolute atomic E-state index is 12.4. The Bertz CT molecular complexity index is 1130. The minimum atomic E-state index is -4.75. The SMILES string of the molecule is CCc1cnc(N(CCc2ccc(OCC(=O)O)c(Br)c2)Cc2ccc(OC(F)(F)F)cc2)nc1. The Morgan fingerprint density at radius 3 is 2.29 bits per heavy atom. The number of hydrogen-bond acceptors (Lipinski definition) is 6. The summed E-state index contributed by atoms with van der Waals surface area (Å²) in [6.07, 6.45) is 0.156. The highest BCUT2D eigenvalue weighted by Crippen LogP contribution is 2.27. The number of halogens is 4. The molecular formula is C24H23BrF3N3O4. The number of hydrogen-bond donors (Lipinski definition) is 1. The van der Waals surface area contributed by atoms with Crippen LogP contribution in [0.4, 0.5) is 19.1 Å². The van der Waals surface area contributed by atoms with Crippen LogP contribution >= 0.6 is 15.9 Å². The summed E-state index contributed by atoms with van der Waals surface area (Å²) in [5, 5.41) is 8.78. The maximum Gasteiger partial charge on any atom is 0.573 e. The number of aliphatic carboxylic acids is 1. The van der Waals surface area contributed by atoms with E-state index in [0.717, 1.165) is 23.1 Å². The highest BCUT2D eigenvalue weighted by molar-refractivity contribution is 9.10. The Kier molecular flexibility index (Phi) is 8.91. The number of carbonyl (C=O) groups is 1. The van der Waals surface area contributed by atoms with E-state index in [1.54, 1.807) is 30.6 Å². The van der Waals surface area contributed by atoms with Gasteiger partial charge in [-0.1, -0.05) is 25.1 Å². The summed E-state index contributed by atoms with van der Waals surface area (Å²) in [6, 6.07) is 11.1. The molecule has 1 heterocycles. The third kappa shape index (κ3) is 8.43. The van der Waals surface area contributed by atoms with Crippen molar-refractivity contribution in [2.45, 2.75) is 32.7 Å². The average molecular weight is 554 g/mol. The molecule has 0 bridgehead atoms. The Labute approximate surface area is 208 Å². The van der Waals surface area contributed by atoms with Crippen molar-refractivity contribution in [1.82, 2.24) is 9.97 Å². The van der Waals surface area contributed by atoms with Crippen LogP contribution < -0.4 is 14.4 Å². The zero-order chi connectivity index (χ0) is 25.4. The molecule has 7 nitrogen and oxygen atoms in total. The molecule has 0 aliphatic rings. The Hall–Kier alpha value is -3.34. The maximum atomic E-state index is 12.4. The molecule has 2 aromatic carbocycles. The molecule has 1 N–H and O–H groups in total. The highest BCUT2D eigenvalue weighted by atomic mass is 79.9. The zero-order valence-corrected chi connectivity index (χ0v) is 20.3. The van der Waals surface area contributed by atoms with Crippen molar-refractivity contribution in [2.24, 2.45) is 0 Å². The standard InChI is InChI=1S/C24H23BrF3N3O4/c1-2-16-12-29-23(30-13-16)31(14-18-3-6-19(7-4-18)35-24(26,27)28)10-9-17-5-8-21(20(25)11-17)34-15-22(32)33/h3-8,11-13H,2,9-10,14-15H2,1H3,(H,32,33). The molecule has 0 aliphatic carbocycles. The van der Waals surface area contributed by atoms with Gasteiger partial charge in [-0.2, -0.15) is 0 Å². The Morgan fingerprint density at radius 2 is 1.71 bits per heavy atom. The number of aromatic nitrogens is 2. The second-order valence-electron chi connectivity index (χ2n) is 7.56. The normalized spacial score (nSPS) is 11.2. The van der Waals surface area contributed by atoms with Crippen LogP contribution in [-0.2, 0) is 24.2 Å². The van der Waals surface area contributed by atoms with Crippen LogP contribution in [0.15, 0.2) is 59.3 Å². The summed E-state index contributed by atoms with van der Waals surface area (Å²) in [5.41, 5.74) is 2.72. The van der Waals surface area contributed by atoms with Gasteiger partial charge in [0.05, 0.1) is 4.47 Å². The van der Waals surface area contributed by atoms with E-state index in [1.807, 2.05) is 24.0 Å². The summed E-state index contributed by atoms with van der Waals surface area (Å²) >= 11 is 3.40. The summed E-state index contributed by atoms with van der Waals surface area (Å²) in [6.45, 7) is 2.46. The van der Waals surface area contributed by atoms with Gasteiger partial charge < -0.3 is 19.5 Å². The highest BCUT2D eigenvalue weighted by Gasteiger charge is 2.31. The number of ether oxygens (including phenoxy) is 2. The second kappa shape index (κ2) is 11.9. The molecule has 0 fully saturated rings. The first-order valence-corrected chi connectivity index (χ1v) is 11.5. The minimum absolute atomic E-state index is 0.286. The molecule has 0 amide bonds. The molecule has 11 heteroatoms. The summed E-state index contributed by atoms with van der Waals surface area (Å²) in [7, 11) is 0. The topological polar surface area (TPSA) is 84.8 Å². The van der Waals surface area contributed by atoms with E-state index in [9.17, 15) is 18.0 Å². The van der Waals surface area contributed by atoms with Crippen molar-refractivity contribution in [2.75, 3.05) is 18.1 Å².